The first-order chi connectivity index (χ1) is 11.2. The van der Waals surface area contributed by atoms with Crippen molar-refractivity contribution < 1.29 is 9.53 Å². The zero-order valence-electron chi connectivity index (χ0n) is 13.5. The van der Waals surface area contributed by atoms with Crippen molar-refractivity contribution >= 4 is 5.97 Å². The Kier molecular flexibility index (Phi) is 6.57. The summed E-state index contributed by atoms with van der Waals surface area (Å²) >= 11 is 0. The summed E-state index contributed by atoms with van der Waals surface area (Å²) in [6.07, 6.45) is 2.27. The second-order valence-electron chi connectivity index (χ2n) is 5.48. The van der Waals surface area contributed by atoms with Crippen LogP contribution in [0.5, 0.6) is 0 Å². The lowest BCUT2D eigenvalue weighted by Gasteiger charge is -2.17. The van der Waals surface area contributed by atoms with Gasteiger partial charge in [0.05, 0.1) is 0 Å². The molecule has 23 heavy (non-hydrogen) atoms. The molecule has 1 N–H and O–H groups in total. The molecule has 3 nitrogen and oxygen atoms in total. The van der Waals surface area contributed by atoms with Gasteiger partial charge in [-0.15, -0.1) is 6.58 Å². The SMILES string of the molecule is C=CC[C@H](NCc1ccccc1)C(=O)OCc1ccccc1C. The molecule has 0 aliphatic carbocycles. The van der Waals surface area contributed by atoms with Crippen LogP contribution in [0.2, 0.25) is 0 Å². The molecule has 0 heterocycles. The van der Waals surface area contributed by atoms with Crippen LogP contribution in [0.25, 0.3) is 0 Å². The standard InChI is InChI=1S/C20H23NO2/c1-3-9-19(21-14-17-11-5-4-6-12-17)20(22)23-15-18-13-8-7-10-16(18)2/h3-8,10-13,19,21H,1,9,14-15H2,2H3/t19-/m0/s1. The van der Waals surface area contributed by atoms with Gasteiger partial charge in [0.25, 0.3) is 0 Å². The summed E-state index contributed by atoms with van der Waals surface area (Å²) in [5, 5.41) is 3.24. The van der Waals surface area contributed by atoms with Crippen molar-refractivity contribution in [2.75, 3.05) is 0 Å². The zero-order chi connectivity index (χ0) is 16.5. The van der Waals surface area contributed by atoms with Crippen molar-refractivity contribution in [3.63, 3.8) is 0 Å². The Hall–Kier alpha value is -2.39. The number of carbonyl (C=O) groups excluding carboxylic acids is 1. The van der Waals surface area contributed by atoms with Crippen molar-refractivity contribution in [3.05, 3.63) is 83.9 Å². The summed E-state index contributed by atoms with van der Waals surface area (Å²) in [4.78, 5) is 12.3. The van der Waals surface area contributed by atoms with Crippen LogP contribution in [-0.2, 0) is 22.7 Å². The Morgan fingerprint density at radius 1 is 1.17 bits per heavy atom. The van der Waals surface area contributed by atoms with Crippen LogP contribution >= 0.6 is 0 Å². The molecular formula is C20H23NO2. The first-order valence-corrected chi connectivity index (χ1v) is 7.80. The van der Waals surface area contributed by atoms with E-state index in [1.807, 2.05) is 61.5 Å². The van der Waals surface area contributed by atoms with E-state index in [-0.39, 0.29) is 12.0 Å². The van der Waals surface area contributed by atoms with E-state index in [2.05, 4.69) is 11.9 Å². The largest absolute Gasteiger partial charge is 0.460 e. The number of rotatable bonds is 8. The summed E-state index contributed by atoms with van der Waals surface area (Å²) in [6.45, 7) is 6.66. The normalized spacial score (nSPS) is 11.7. The quantitative estimate of drug-likeness (QED) is 0.596. The first kappa shape index (κ1) is 17.0. The molecule has 0 aromatic heterocycles. The van der Waals surface area contributed by atoms with Gasteiger partial charge in [-0.05, 0) is 30.0 Å². The van der Waals surface area contributed by atoms with Gasteiger partial charge in [-0.2, -0.15) is 0 Å². The first-order valence-electron chi connectivity index (χ1n) is 7.80. The van der Waals surface area contributed by atoms with Crippen LogP contribution in [0.15, 0.2) is 67.3 Å². The lowest BCUT2D eigenvalue weighted by molar-refractivity contribution is -0.147. The van der Waals surface area contributed by atoms with E-state index in [1.165, 1.54) is 0 Å². The summed E-state index contributed by atoms with van der Waals surface area (Å²) in [7, 11) is 0. The highest BCUT2D eigenvalue weighted by molar-refractivity contribution is 5.76. The van der Waals surface area contributed by atoms with Gasteiger partial charge in [0.15, 0.2) is 0 Å². The minimum Gasteiger partial charge on any atom is -0.460 e. The third-order valence-electron chi connectivity index (χ3n) is 3.71. The van der Waals surface area contributed by atoms with Gasteiger partial charge in [0, 0.05) is 6.54 Å². The number of esters is 1. The minimum absolute atomic E-state index is 0.246. The predicted octanol–water partition coefficient (Wildman–Crippen LogP) is 3.77. The number of ether oxygens (including phenoxy) is 1. The van der Waals surface area contributed by atoms with Gasteiger partial charge in [0.1, 0.15) is 12.6 Å². The highest BCUT2D eigenvalue weighted by Crippen LogP contribution is 2.10. The molecule has 0 spiro atoms. The van der Waals surface area contributed by atoms with Crippen molar-refractivity contribution in [1.82, 2.24) is 5.32 Å². The Balaban J connectivity index is 1.90. The van der Waals surface area contributed by atoms with Crippen molar-refractivity contribution in [3.8, 4) is 0 Å². The van der Waals surface area contributed by atoms with Crippen LogP contribution in [0, 0.1) is 6.92 Å². The molecule has 0 bridgehead atoms. The van der Waals surface area contributed by atoms with Gasteiger partial charge in [-0.3, -0.25) is 4.79 Å². The Bertz CT molecular complexity index is 637. The number of hydrogen-bond donors (Lipinski definition) is 1. The molecule has 0 aliphatic rings. The second-order valence-corrected chi connectivity index (χ2v) is 5.48. The van der Waals surface area contributed by atoms with E-state index in [4.69, 9.17) is 4.74 Å². The topological polar surface area (TPSA) is 38.3 Å². The molecule has 2 aromatic carbocycles. The molecule has 2 aromatic rings. The maximum absolute atomic E-state index is 12.3. The predicted molar refractivity (Wildman–Crippen MR) is 92.9 cm³/mol. The van der Waals surface area contributed by atoms with Gasteiger partial charge < -0.3 is 10.1 Å². The zero-order valence-corrected chi connectivity index (χ0v) is 13.5. The molecule has 0 amide bonds. The highest BCUT2D eigenvalue weighted by atomic mass is 16.5. The summed E-state index contributed by atoms with van der Waals surface area (Å²) in [5.41, 5.74) is 3.28. The molecule has 0 saturated carbocycles. The summed E-state index contributed by atoms with van der Waals surface area (Å²) < 4.78 is 5.46. The molecule has 0 unspecified atom stereocenters. The van der Waals surface area contributed by atoms with Gasteiger partial charge in [0.2, 0.25) is 0 Å². The second kappa shape index (κ2) is 8.91. The van der Waals surface area contributed by atoms with Crippen LogP contribution in [0.4, 0.5) is 0 Å². The third-order valence-corrected chi connectivity index (χ3v) is 3.71. The molecule has 0 fully saturated rings. The van der Waals surface area contributed by atoms with Crippen LogP contribution in [0.3, 0.4) is 0 Å². The maximum atomic E-state index is 12.3. The van der Waals surface area contributed by atoms with Crippen LogP contribution in [-0.4, -0.2) is 12.0 Å². The van der Waals surface area contributed by atoms with E-state index in [0.29, 0.717) is 19.6 Å². The minimum atomic E-state index is -0.378. The van der Waals surface area contributed by atoms with E-state index < -0.39 is 0 Å². The third kappa shape index (κ3) is 5.38. The number of benzene rings is 2. The Morgan fingerprint density at radius 3 is 2.57 bits per heavy atom. The number of nitrogens with one attached hydrogen (secondary N) is 1. The fourth-order valence-electron chi connectivity index (χ4n) is 2.29. The monoisotopic (exact) mass is 309 g/mol. The van der Waals surface area contributed by atoms with Crippen molar-refractivity contribution in [1.29, 1.82) is 0 Å². The maximum Gasteiger partial charge on any atom is 0.323 e. The van der Waals surface area contributed by atoms with Gasteiger partial charge in [-0.1, -0.05) is 60.7 Å². The van der Waals surface area contributed by atoms with E-state index in [9.17, 15) is 4.79 Å². The van der Waals surface area contributed by atoms with Crippen molar-refractivity contribution in [2.24, 2.45) is 0 Å². The number of hydrogen-bond acceptors (Lipinski definition) is 3. The molecular weight excluding hydrogens is 286 g/mol. The lowest BCUT2D eigenvalue weighted by Crippen LogP contribution is -2.37. The van der Waals surface area contributed by atoms with Crippen LogP contribution < -0.4 is 5.32 Å². The molecule has 3 heteroatoms. The Labute approximate surface area is 138 Å². The molecule has 0 aliphatic heterocycles. The van der Waals surface area contributed by atoms with E-state index in [0.717, 1.165) is 16.7 Å². The van der Waals surface area contributed by atoms with Crippen LogP contribution in [0.1, 0.15) is 23.1 Å². The van der Waals surface area contributed by atoms with Crippen molar-refractivity contribution in [2.45, 2.75) is 32.5 Å². The van der Waals surface area contributed by atoms with Gasteiger partial charge >= 0.3 is 5.97 Å². The van der Waals surface area contributed by atoms with E-state index in [1.54, 1.807) is 6.08 Å². The number of carbonyl (C=O) groups is 1. The molecule has 2 rings (SSSR count). The fourth-order valence-corrected chi connectivity index (χ4v) is 2.29. The Morgan fingerprint density at radius 2 is 1.87 bits per heavy atom. The summed E-state index contributed by atoms with van der Waals surface area (Å²) in [6, 6.07) is 17.5. The smallest absolute Gasteiger partial charge is 0.323 e. The average Bonchev–Trinajstić information content (AvgIpc) is 2.58. The fraction of sp³-hybridized carbons (Fsp3) is 0.250. The molecule has 0 saturated heterocycles. The van der Waals surface area contributed by atoms with E-state index >= 15 is 0 Å². The molecule has 1 atom stereocenters. The molecule has 0 radical (unpaired) electrons. The average molecular weight is 309 g/mol. The summed E-state index contributed by atoms with van der Waals surface area (Å²) in [5.74, 6) is -0.246. The number of aryl methyl sites for hydroxylation is 1. The molecule has 120 valence electrons. The lowest BCUT2D eigenvalue weighted by atomic mass is 10.1. The van der Waals surface area contributed by atoms with Gasteiger partial charge in [-0.25, -0.2) is 0 Å². The highest BCUT2D eigenvalue weighted by Gasteiger charge is 2.18.